The zero-order valence-electron chi connectivity index (χ0n) is 9.84. The van der Waals surface area contributed by atoms with Gasteiger partial charge in [-0.1, -0.05) is 11.6 Å². The molecule has 0 fully saturated rings. The highest BCUT2D eigenvalue weighted by Crippen LogP contribution is 2.50. The Morgan fingerprint density at radius 1 is 1.18 bits per heavy atom. The molecule has 1 aromatic carbocycles. The molecule has 0 aliphatic heterocycles. The molecule has 0 saturated heterocycles. The molecule has 4 nitrogen and oxygen atoms in total. The van der Waals surface area contributed by atoms with E-state index in [1.54, 1.807) is 24.3 Å². The van der Waals surface area contributed by atoms with Crippen LogP contribution >= 0.6 is 19.2 Å². The van der Waals surface area contributed by atoms with Crippen LogP contribution in [0.5, 0.6) is 0 Å². The predicted octanol–water partition coefficient (Wildman–Crippen LogP) is 3.77. The summed E-state index contributed by atoms with van der Waals surface area (Å²) in [4.78, 5) is 0. The third kappa shape index (κ3) is 3.86. The Morgan fingerprint density at radius 2 is 1.71 bits per heavy atom. The van der Waals surface area contributed by atoms with Crippen molar-refractivity contribution in [2.45, 2.75) is 0 Å². The minimum absolute atomic E-state index is 0.411. The van der Waals surface area contributed by atoms with E-state index in [9.17, 15) is 4.57 Å². The van der Waals surface area contributed by atoms with Crippen molar-refractivity contribution in [1.82, 2.24) is 0 Å². The van der Waals surface area contributed by atoms with Crippen molar-refractivity contribution in [3.63, 3.8) is 0 Å². The first-order valence-corrected chi connectivity index (χ1v) is 6.77. The zero-order chi connectivity index (χ0) is 12.9. The molecule has 0 radical (unpaired) electrons. The predicted molar refractivity (Wildman–Crippen MR) is 68.1 cm³/mol. The first kappa shape index (κ1) is 14.3. The lowest BCUT2D eigenvalue weighted by Crippen LogP contribution is -1.91. The van der Waals surface area contributed by atoms with Crippen LogP contribution in [0.3, 0.4) is 0 Å². The van der Waals surface area contributed by atoms with Gasteiger partial charge in [-0.25, -0.2) is 0 Å². The van der Waals surface area contributed by atoms with Crippen LogP contribution in [0.2, 0.25) is 5.02 Å². The van der Waals surface area contributed by atoms with Crippen molar-refractivity contribution in [1.29, 1.82) is 0 Å². The fourth-order valence-corrected chi connectivity index (χ4v) is 2.21. The van der Waals surface area contributed by atoms with Crippen LogP contribution in [0, 0.1) is 0 Å². The van der Waals surface area contributed by atoms with E-state index in [-0.39, 0.29) is 0 Å². The van der Waals surface area contributed by atoms with Gasteiger partial charge in [0.05, 0.1) is 12.9 Å². The van der Waals surface area contributed by atoms with Gasteiger partial charge < -0.3 is 13.8 Å². The second-order valence-electron chi connectivity index (χ2n) is 3.11. The van der Waals surface area contributed by atoms with Crippen molar-refractivity contribution in [3.8, 4) is 0 Å². The fourth-order valence-electron chi connectivity index (χ4n) is 1.18. The maximum absolute atomic E-state index is 11.9. The van der Waals surface area contributed by atoms with Crippen LogP contribution in [-0.4, -0.2) is 21.3 Å². The molecule has 0 spiro atoms. The van der Waals surface area contributed by atoms with Crippen LogP contribution in [0.1, 0.15) is 5.56 Å². The number of hydrogen-bond acceptors (Lipinski definition) is 4. The summed E-state index contributed by atoms with van der Waals surface area (Å²) in [6.45, 7) is 0. The molecule has 0 aliphatic carbocycles. The number of benzene rings is 1. The minimum atomic E-state index is -3.25. The summed E-state index contributed by atoms with van der Waals surface area (Å²) >= 11 is 5.78. The number of hydrogen-bond donors (Lipinski definition) is 0. The molecule has 0 atom stereocenters. The Bertz CT molecular complexity index is 433. The lowest BCUT2D eigenvalue weighted by atomic mass is 10.2. The van der Waals surface area contributed by atoms with E-state index in [0.29, 0.717) is 10.8 Å². The molecule has 0 aliphatic rings. The number of rotatable bonds is 5. The van der Waals surface area contributed by atoms with Crippen molar-refractivity contribution < 1.29 is 18.3 Å². The van der Waals surface area contributed by atoms with Gasteiger partial charge in [-0.3, -0.25) is 4.57 Å². The molecule has 6 heteroatoms. The van der Waals surface area contributed by atoms with E-state index in [1.165, 1.54) is 27.1 Å². The summed E-state index contributed by atoms with van der Waals surface area (Å²) in [5.41, 5.74) is 0.742. The summed E-state index contributed by atoms with van der Waals surface area (Å²) in [5.74, 6) is 1.74. The van der Waals surface area contributed by atoms with Crippen LogP contribution in [0.25, 0.3) is 5.76 Å². The molecule has 1 rings (SSSR count). The van der Waals surface area contributed by atoms with E-state index in [2.05, 4.69) is 0 Å². The summed E-state index contributed by atoms with van der Waals surface area (Å²) < 4.78 is 26.7. The van der Waals surface area contributed by atoms with E-state index >= 15 is 0 Å². The van der Waals surface area contributed by atoms with Crippen molar-refractivity contribution in [2.24, 2.45) is 0 Å². The van der Waals surface area contributed by atoms with E-state index in [4.69, 9.17) is 25.4 Å². The van der Waals surface area contributed by atoms with Crippen molar-refractivity contribution in [3.05, 3.63) is 40.7 Å². The van der Waals surface area contributed by atoms with Crippen molar-refractivity contribution in [2.75, 3.05) is 21.3 Å². The highest BCUT2D eigenvalue weighted by atomic mass is 35.5. The summed E-state index contributed by atoms with van der Waals surface area (Å²) in [6.07, 6.45) is 0. The first-order chi connectivity index (χ1) is 8.04. The lowest BCUT2D eigenvalue weighted by Gasteiger charge is -2.12. The monoisotopic (exact) mass is 276 g/mol. The summed E-state index contributed by atoms with van der Waals surface area (Å²) in [5, 5.41) is 0.617. The molecule has 0 bridgehead atoms. The zero-order valence-corrected chi connectivity index (χ0v) is 11.5. The third-order valence-electron chi connectivity index (χ3n) is 2.13. The lowest BCUT2D eigenvalue weighted by molar-refractivity contribution is 0.284. The molecular weight excluding hydrogens is 263 g/mol. The van der Waals surface area contributed by atoms with Crippen LogP contribution in [0.4, 0.5) is 0 Å². The van der Waals surface area contributed by atoms with Crippen LogP contribution in [0.15, 0.2) is 30.1 Å². The number of halogens is 1. The molecule has 0 heterocycles. The average Bonchev–Trinajstić information content (AvgIpc) is 2.37. The largest absolute Gasteiger partial charge is 0.496 e. The van der Waals surface area contributed by atoms with E-state index in [0.717, 1.165) is 5.56 Å². The second kappa shape index (κ2) is 6.22. The molecule has 17 heavy (non-hydrogen) atoms. The van der Waals surface area contributed by atoms with Gasteiger partial charge in [-0.2, -0.15) is 0 Å². The Kier molecular flexibility index (Phi) is 5.22. The number of methoxy groups -OCH3 is 1. The van der Waals surface area contributed by atoms with Crippen LogP contribution in [-0.2, 0) is 18.3 Å². The normalized spacial score (nSPS) is 12.6. The van der Waals surface area contributed by atoms with Gasteiger partial charge in [-0.15, -0.1) is 0 Å². The van der Waals surface area contributed by atoms with Gasteiger partial charge in [0.2, 0.25) is 0 Å². The number of ether oxygens (including phenoxy) is 1. The van der Waals surface area contributed by atoms with Gasteiger partial charge in [0.15, 0.2) is 0 Å². The molecular formula is C11H14ClO4P. The third-order valence-corrected chi connectivity index (χ3v) is 3.95. The van der Waals surface area contributed by atoms with E-state index < -0.39 is 7.60 Å². The van der Waals surface area contributed by atoms with E-state index in [1.807, 2.05) is 0 Å². The van der Waals surface area contributed by atoms with Gasteiger partial charge >= 0.3 is 7.60 Å². The highest BCUT2D eigenvalue weighted by molar-refractivity contribution is 7.57. The Morgan fingerprint density at radius 3 is 2.12 bits per heavy atom. The fraction of sp³-hybridized carbons (Fsp3) is 0.273. The summed E-state index contributed by atoms with van der Waals surface area (Å²) in [6, 6.07) is 6.95. The summed E-state index contributed by atoms with van der Waals surface area (Å²) in [7, 11) is 0.862. The Labute approximate surface area is 106 Å². The molecule has 0 amide bonds. The quantitative estimate of drug-likeness (QED) is 0.606. The molecule has 0 saturated carbocycles. The molecule has 0 aromatic heterocycles. The topological polar surface area (TPSA) is 44.8 Å². The average molecular weight is 277 g/mol. The van der Waals surface area contributed by atoms with Gasteiger partial charge in [0.1, 0.15) is 5.76 Å². The van der Waals surface area contributed by atoms with Gasteiger partial charge in [-0.05, 0) is 24.3 Å². The maximum Gasteiger partial charge on any atom is 0.357 e. The first-order valence-electron chi connectivity index (χ1n) is 4.78. The highest BCUT2D eigenvalue weighted by Gasteiger charge is 2.20. The molecule has 94 valence electrons. The van der Waals surface area contributed by atoms with Gasteiger partial charge in [0, 0.05) is 24.8 Å². The Balaban J connectivity index is 3.11. The Hall–Kier alpha value is -0.800. The maximum atomic E-state index is 11.9. The van der Waals surface area contributed by atoms with Gasteiger partial charge in [0.25, 0.3) is 0 Å². The molecule has 0 unspecified atom stereocenters. The standard InChI is InChI=1S/C11H14ClO4P/c1-14-11(8-17(13,15-2)16-3)9-4-6-10(12)7-5-9/h4-8H,1-3H3. The van der Waals surface area contributed by atoms with Crippen molar-refractivity contribution >= 4 is 25.0 Å². The minimum Gasteiger partial charge on any atom is -0.496 e. The molecule has 0 N–H and O–H groups in total. The second-order valence-corrected chi connectivity index (χ2v) is 5.61. The van der Waals surface area contributed by atoms with Crippen LogP contribution < -0.4 is 0 Å². The SMILES string of the molecule is COC(=CP(=O)(OC)OC)c1ccc(Cl)cc1. The smallest absolute Gasteiger partial charge is 0.357 e. The molecule has 1 aromatic rings.